The van der Waals surface area contributed by atoms with Gasteiger partial charge >= 0.3 is 0 Å². The van der Waals surface area contributed by atoms with Crippen molar-refractivity contribution in [2.75, 3.05) is 18.9 Å². The van der Waals surface area contributed by atoms with E-state index in [1.165, 1.54) is 18.9 Å². The molecule has 0 unspecified atom stereocenters. The first-order chi connectivity index (χ1) is 15.9. The number of aryl methyl sites for hydroxylation is 1. The third-order valence-corrected chi connectivity index (χ3v) is 7.22. The lowest BCUT2D eigenvalue weighted by Gasteiger charge is -2.20. The van der Waals surface area contributed by atoms with E-state index in [1.54, 1.807) is 42.5 Å². The Labute approximate surface area is 193 Å². The van der Waals surface area contributed by atoms with Crippen molar-refractivity contribution < 1.29 is 17.9 Å². The SMILES string of the molecule is CCn1nc(-c2ccc(OC)c(S(=O)(=O)Nc3cccc(OC)c3)c2)c2c(c1=O)CCCC2. The Morgan fingerprint density at radius 3 is 2.48 bits per heavy atom. The summed E-state index contributed by atoms with van der Waals surface area (Å²) < 4.78 is 41.2. The average Bonchev–Trinajstić information content (AvgIpc) is 2.84. The number of rotatable bonds is 7. The number of benzene rings is 2. The molecule has 0 fully saturated rings. The van der Waals surface area contributed by atoms with Gasteiger partial charge in [0, 0.05) is 23.7 Å². The molecule has 1 aliphatic rings. The standard InChI is InChI=1S/C24H27N3O5S/c1-4-27-24(28)20-11-6-5-10-19(20)23(25-27)16-12-13-21(32-3)22(14-16)33(29,30)26-17-8-7-9-18(15-17)31-2/h7-9,12-15,26H,4-6,10-11H2,1-3H3. The lowest BCUT2D eigenvalue weighted by Crippen LogP contribution is -2.30. The summed E-state index contributed by atoms with van der Waals surface area (Å²) in [7, 11) is -1.04. The van der Waals surface area contributed by atoms with Crippen molar-refractivity contribution in [1.29, 1.82) is 0 Å². The Morgan fingerprint density at radius 2 is 1.79 bits per heavy atom. The number of methoxy groups -OCH3 is 2. The van der Waals surface area contributed by atoms with Crippen molar-refractivity contribution in [3.05, 3.63) is 63.9 Å². The molecule has 1 aliphatic carbocycles. The van der Waals surface area contributed by atoms with E-state index in [-0.39, 0.29) is 16.2 Å². The van der Waals surface area contributed by atoms with Crippen LogP contribution in [0.5, 0.6) is 11.5 Å². The van der Waals surface area contributed by atoms with E-state index in [0.29, 0.717) is 35.7 Å². The highest BCUT2D eigenvalue weighted by Crippen LogP contribution is 2.34. The van der Waals surface area contributed by atoms with Gasteiger partial charge in [0.1, 0.15) is 16.4 Å². The molecule has 0 aliphatic heterocycles. The molecule has 33 heavy (non-hydrogen) atoms. The smallest absolute Gasteiger partial charge is 0.270 e. The van der Waals surface area contributed by atoms with Gasteiger partial charge in [0.2, 0.25) is 0 Å². The lowest BCUT2D eigenvalue weighted by molar-refractivity contribution is 0.403. The topological polar surface area (TPSA) is 99.5 Å². The zero-order valence-electron chi connectivity index (χ0n) is 18.9. The number of ether oxygens (including phenoxy) is 2. The molecular weight excluding hydrogens is 442 g/mol. The first-order valence-electron chi connectivity index (χ1n) is 10.9. The molecule has 1 N–H and O–H groups in total. The summed E-state index contributed by atoms with van der Waals surface area (Å²) in [4.78, 5) is 12.8. The maximum atomic E-state index is 13.3. The third kappa shape index (κ3) is 4.45. The predicted octanol–water partition coefficient (Wildman–Crippen LogP) is 3.63. The van der Waals surface area contributed by atoms with Crippen LogP contribution >= 0.6 is 0 Å². The van der Waals surface area contributed by atoms with E-state index < -0.39 is 10.0 Å². The van der Waals surface area contributed by atoms with Gasteiger partial charge in [0.15, 0.2) is 0 Å². The Morgan fingerprint density at radius 1 is 1.03 bits per heavy atom. The van der Waals surface area contributed by atoms with Crippen LogP contribution in [0.4, 0.5) is 5.69 Å². The first-order valence-corrected chi connectivity index (χ1v) is 12.3. The normalized spacial score (nSPS) is 13.3. The monoisotopic (exact) mass is 469 g/mol. The van der Waals surface area contributed by atoms with Crippen molar-refractivity contribution in [2.24, 2.45) is 0 Å². The van der Waals surface area contributed by atoms with E-state index >= 15 is 0 Å². The molecule has 2 aromatic carbocycles. The van der Waals surface area contributed by atoms with Gasteiger partial charge < -0.3 is 9.47 Å². The molecule has 0 radical (unpaired) electrons. The van der Waals surface area contributed by atoms with Crippen LogP contribution in [0.1, 0.15) is 30.9 Å². The Bertz CT molecular complexity index is 1350. The van der Waals surface area contributed by atoms with Crippen LogP contribution in [0.25, 0.3) is 11.3 Å². The van der Waals surface area contributed by atoms with Crippen molar-refractivity contribution in [2.45, 2.75) is 44.0 Å². The van der Waals surface area contributed by atoms with E-state index in [2.05, 4.69) is 9.82 Å². The maximum Gasteiger partial charge on any atom is 0.270 e. The molecule has 1 aromatic heterocycles. The highest BCUT2D eigenvalue weighted by molar-refractivity contribution is 7.92. The molecule has 4 rings (SSSR count). The number of nitrogens with zero attached hydrogens (tertiary/aromatic N) is 2. The summed E-state index contributed by atoms with van der Waals surface area (Å²) in [6.07, 6.45) is 3.38. The molecule has 3 aromatic rings. The second kappa shape index (κ2) is 9.27. The molecule has 9 heteroatoms. The van der Waals surface area contributed by atoms with Crippen LogP contribution in [0.2, 0.25) is 0 Å². The molecule has 0 atom stereocenters. The van der Waals surface area contributed by atoms with Crippen LogP contribution in [0.15, 0.2) is 52.2 Å². The summed E-state index contributed by atoms with van der Waals surface area (Å²) in [5, 5.41) is 4.59. The molecule has 8 nitrogen and oxygen atoms in total. The fourth-order valence-corrected chi connectivity index (χ4v) is 5.41. The van der Waals surface area contributed by atoms with Crippen LogP contribution in [-0.4, -0.2) is 32.4 Å². The predicted molar refractivity (Wildman–Crippen MR) is 127 cm³/mol. The minimum atomic E-state index is -3.98. The van der Waals surface area contributed by atoms with E-state index in [1.807, 2.05) is 6.92 Å². The van der Waals surface area contributed by atoms with Gasteiger partial charge in [-0.15, -0.1) is 0 Å². The number of anilines is 1. The summed E-state index contributed by atoms with van der Waals surface area (Å²) >= 11 is 0. The lowest BCUT2D eigenvalue weighted by atomic mass is 9.90. The van der Waals surface area contributed by atoms with Gasteiger partial charge in [-0.3, -0.25) is 9.52 Å². The van der Waals surface area contributed by atoms with E-state index in [4.69, 9.17) is 9.47 Å². The Hall–Kier alpha value is -3.33. The molecule has 0 spiro atoms. The molecular formula is C24H27N3O5S. The Balaban J connectivity index is 1.83. The average molecular weight is 470 g/mol. The number of nitrogens with one attached hydrogen (secondary N) is 1. The maximum absolute atomic E-state index is 13.3. The zero-order valence-corrected chi connectivity index (χ0v) is 19.7. The van der Waals surface area contributed by atoms with Gasteiger partial charge in [0.05, 0.1) is 25.6 Å². The Kier molecular flexibility index (Phi) is 6.42. The van der Waals surface area contributed by atoms with Gasteiger partial charge in [-0.25, -0.2) is 13.1 Å². The van der Waals surface area contributed by atoms with Gasteiger partial charge in [-0.2, -0.15) is 5.10 Å². The zero-order chi connectivity index (χ0) is 23.6. The van der Waals surface area contributed by atoms with Crippen molar-refractivity contribution in [3.63, 3.8) is 0 Å². The molecule has 0 bridgehead atoms. The van der Waals surface area contributed by atoms with Crippen LogP contribution in [-0.2, 0) is 29.4 Å². The fraction of sp³-hybridized carbons (Fsp3) is 0.333. The number of fused-ring (bicyclic) bond motifs is 1. The summed E-state index contributed by atoms with van der Waals surface area (Å²) in [5.41, 5.74) is 3.27. The van der Waals surface area contributed by atoms with Gasteiger partial charge in [-0.05, 0) is 68.5 Å². The number of sulfonamides is 1. The fourth-order valence-electron chi connectivity index (χ4n) is 4.16. The second-order valence-electron chi connectivity index (χ2n) is 7.84. The summed E-state index contributed by atoms with van der Waals surface area (Å²) in [6.45, 7) is 2.31. The van der Waals surface area contributed by atoms with Crippen LogP contribution < -0.4 is 19.8 Å². The number of hydrogen-bond donors (Lipinski definition) is 1. The third-order valence-electron chi connectivity index (χ3n) is 5.82. The van der Waals surface area contributed by atoms with Crippen LogP contribution in [0, 0.1) is 0 Å². The molecule has 0 saturated carbocycles. The van der Waals surface area contributed by atoms with Crippen molar-refractivity contribution in [1.82, 2.24) is 9.78 Å². The molecule has 0 saturated heterocycles. The van der Waals surface area contributed by atoms with E-state index in [9.17, 15) is 13.2 Å². The molecule has 174 valence electrons. The van der Waals surface area contributed by atoms with E-state index in [0.717, 1.165) is 30.4 Å². The highest BCUT2D eigenvalue weighted by atomic mass is 32.2. The van der Waals surface area contributed by atoms with Gasteiger partial charge in [-0.1, -0.05) is 6.07 Å². The second-order valence-corrected chi connectivity index (χ2v) is 9.49. The number of hydrogen-bond acceptors (Lipinski definition) is 6. The van der Waals surface area contributed by atoms with Crippen LogP contribution in [0.3, 0.4) is 0 Å². The largest absolute Gasteiger partial charge is 0.497 e. The number of aromatic nitrogens is 2. The summed E-state index contributed by atoms with van der Waals surface area (Å²) in [5.74, 6) is 0.750. The quantitative estimate of drug-likeness (QED) is 0.567. The minimum Gasteiger partial charge on any atom is -0.497 e. The van der Waals surface area contributed by atoms with Crippen molar-refractivity contribution >= 4 is 15.7 Å². The molecule has 1 heterocycles. The van der Waals surface area contributed by atoms with Gasteiger partial charge in [0.25, 0.3) is 15.6 Å². The van der Waals surface area contributed by atoms with Crippen molar-refractivity contribution in [3.8, 4) is 22.8 Å². The highest BCUT2D eigenvalue weighted by Gasteiger charge is 2.25. The molecule has 0 amide bonds. The summed E-state index contributed by atoms with van der Waals surface area (Å²) in [6, 6.07) is 11.6. The first kappa shape index (κ1) is 22.8. The minimum absolute atomic E-state index is 0.00840.